The number of aromatic nitrogens is 3. The number of carbonyl (C=O) groups excluding carboxylic acids is 4. The first-order valence-corrected chi connectivity index (χ1v) is 25.3. The number of hydrogen-bond acceptors (Lipinski definition) is 11. The third-order valence-corrected chi connectivity index (χ3v) is 16.2. The number of imidazole rings is 1. The SMILES string of the molecule is C#CC1(S(=O)(=O)NC(=O)[C@@]23C[C@@H]2/C=C\CCCCC[C@H](NC(=O)OC(C)(C)C)C(=O)N2C[C@H](Oc4nc5c(-c6nc(C7CCCCC7)cs6)cccc5n4C(C)C)C[C@H]2C(=O)N3)CC1. The van der Waals surface area contributed by atoms with Crippen LogP contribution in [-0.4, -0.2) is 92.3 Å². The van der Waals surface area contributed by atoms with Crippen molar-refractivity contribution in [2.45, 2.75) is 171 Å². The molecule has 3 saturated carbocycles. The minimum atomic E-state index is -4.25. The van der Waals surface area contributed by atoms with E-state index in [1.807, 2.05) is 48.8 Å². The number of ether oxygens (including phenoxy) is 2. The summed E-state index contributed by atoms with van der Waals surface area (Å²) in [5, 5.41) is 8.74. The van der Waals surface area contributed by atoms with Crippen molar-refractivity contribution in [3.05, 3.63) is 41.4 Å². The van der Waals surface area contributed by atoms with E-state index in [1.54, 1.807) is 32.1 Å². The first-order valence-electron chi connectivity index (χ1n) is 22.9. The number of nitrogens with zero attached hydrogens (tertiary/aromatic N) is 4. The van der Waals surface area contributed by atoms with E-state index in [4.69, 9.17) is 25.9 Å². The molecule has 17 heteroatoms. The fourth-order valence-corrected chi connectivity index (χ4v) is 11.9. The molecular formula is C47H61N7O8S2. The van der Waals surface area contributed by atoms with Crippen molar-refractivity contribution >= 4 is 56.2 Å². The van der Waals surface area contributed by atoms with E-state index in [9.17, 15) is 27.6 Å². The van der Waals surface area contributed by atoms with E-state index in [0.717, 1.165) is 53.0 Å². The Balaban J connectivity index is 1.11. The number of para-hydroxylation sites is 1. The van der Waals surface area contributed by atoms with Crippen molar-refractivity contribution in [1.29, 1.82) is 0 Å². The summed E-state index contributed by atoms with van der Waals surface area (Å²) < 4.78 is 41.8. The number of carbonyl (C=O) groups is 4. The van der Waals surface area contributed by atoms with Crippen LogP contribution < -0.4 is 20.1 Å². The molecule has 0 spiro atoms. The van der Waals surface area contributed by atoms with E-state index in [0.29, 0.717) is 31.2 Å². The molecule has 64 heavy (non-hydrogen) atoms. The van der Waals surface area contributed by atoms with Gasteiger partial charge in [0.2, 0.25) is 11.8 Å². The van der Waals surface area contributed by atoms with Gasteiger partial charge in [-0.15, -0.1) is 17.8 Å². The molecule has 5 atom stereocenters. The molecule has 1 aromatic carbocycles. The maximum absolute atomic E-state index is 14.8. The molecule has 2 aliphatic heterocycles. The summed E-state index contributed by atoms with van der Waals surface area (Å²) in [6, 6.07) is 4.07. The molecule has 2 aromatic heterocycles. The van der Waals surface area contributed by atoms with Crippen LogP contribution in [0.25, 0.3) is 21.6 Å². The number of benzene rings is 1. The van der Waals surface area contributed by atoms with Gasteiger partial charge in [-0.25, -0.2) is 22.9 Å². The minimum absolute atomic E-state index is 0.0266. The molecule has 4 amide bonds. The Morgan fingerprint density at radius 3 is 2.48 bits per heavy atom. The predicted octanol–water partition coefficient (Wildman–Crippen LogP) is 7.04. The van der Waals surface area contributed by atoms with Crippen molar-refractivity contribution in [1.82, 2.24) is 34.8 Å². The fraction of sp³-hybridized carbons (Fsp3) is 0.617. The van der Waals surface area contributed by atoms with Crippen LogP contribution in [0.1, 0.15) is 142 Å². The van der Waals surface area contributed by atoms with Crippen LogP contribution in [0.5, 0.6) is 6.01 Å². The summed E-state index contributed by atoms with van der Waals surface area (Å²) in [6.45, 7) is 9.25. The second-order valence-electron chi connectivity index (χ2n) is 19.5. The largest absolute Gasteiger partial charge is 0.459 e. The van der Waals surface area contributed by atoms with Crippen molar-refractivity contribution in [3.63, 3.8) is 0 Å². The van der Waals surface area contributed by atoms with Crippen molar-refractivity contribution in [2.24, 2.45) is 5.92 Å². The Kier molecular flexibility index (Phi) is 12.7. The zero-order valence-electron chi connectivity index (χ0n) is 37.5. The number of amides is 4. The number of thiazole rings is 1. The lowest BCUT2D eigenvalue weighted by Gasteiger charge is -2.30. The first kappa shape index (κ1) is 45.6. The molecule has 15 nitrogen and oxygen atoms in total. The molecule has 3 aliphatic carbocycles. The highest BCUT2D eigenvalue weighted by molar-refractivity contribution is 7.92. The Morgan fingerprint density at radius 1 is 1.05 bits per heavy atom. The molecule has 0 radical (unpaired) electrons. The van der Waals surface area contributed by atoms with Gasteiger partial charge < -0.3 is 25.0 Å². The maximum Gasteiger partial charge on any atom is 0.408 e. The number of terminal acetylenes is 1. The van der Waals surface area contributed by atoms with Crippen molar-refractivity contribution in [2.75, 3.05) is 6.54 Å². The highest BCUT2D eigenvalue weighted by Gasteiger charge is 2.63. The van der Waals surface area contributed by atoms with Crippen LogP contribution in [0.2, 0.25) is 0 Å². The Morgan fingerprint density at radius 2 is 1.78 bits per heavy atom. The Labute approximate surface area is 379 Å². The normalized spacial score (nSPS) is 27.0. The minimum Gasteiger partial charge on any atom is -0.459 e. The van der Waals surface area contributed by atoms with Gasteiger partial charge in [0.25, 0.3) is 21.9 Å². The van der Waals surface area contributed by atoms with Gasteiger partial charge in [-0.05, 0) is 98.1 Å². The van der Waals surface area contributed by atoms with E-state index < -0.39 is 73.8 Å². The summed E-state index contributed by atoms with van der Waals surface area (Å²) in [4.78, 5) is 68.4. The quantitative estimate of drug-likeness (QED) is 0.148. The van der Waals surface area contributed by atoms with Gasteiger partial charge in [-0.2, -0.15) is 4.98 Å². The molecule has 0 bridgehead atoms. The second kappa shape index (κ2) is 17.8. The molecule has 4 heterocycles. The second-order valence-corrected chi connectivity index (χ2v) is 22.4. The maximum atomic E-state index is 14.8. The Hall–Kier alpha value is -4.95. The topological polar surface area (TPSA) is 191 Å². The van der Waals surface area contributed by atoms with Crippen molar-refractivity contribution in [3.8, 4) is 28.9 Å². The molecule has 8 rings (SSSR count). The lowest BCUT2D eigenvalue weighted by Crippen LogP contribution is -2.58. The van der Waals surface area contributed by atoms with Crippen LogP contribution in [-0.2, 0) is 29.1 Å². The zero-order valence-corrected chi connectivity index (χ0v) is 39.1. The molecule has 3 aromatic rings. The number of allylic oxidation sites excluding steroid dienone is 1. The number of sulfonamides is 1. The highest BCUT2D eigenvalue weighted by Crippen LogP contribution is 2.48. The Bertz CT molecular complexity index is 2470. The van der Waals surface area contributed by atoms with Gasteiger partial charge in [0, 0.05) is 35.2 Å². The van der Waals surface area contributed by atoms with Crippen LogP contribution >= 0.6 is 11.3 Å². The standard InChI is InChI=1S/C47H61N7O8S2/c1-7-46(23-24-46)64(59,60)52-42(57)47-26-31(47)19-14-9-8-10-15-21-34(49-44(58)62-45(4,5)6)41(56)53-27-32(25-37(53)39(55)51-47)61-43-50-38-33(20-16-22-36(38)54(43)29(2)3)40-48-35(28-63-40)30-17-12-11-13-18-30/h1,14,16,19-20,22,28-32,34,37H,8-13,15,17-18,21,23-27H2,2-6H3,(H,49,58)(H,51,55)(H,52,57)/b19-14-/t31-,32+,34-,37-,47+/m0/s1. The van der Waals surface area contributed by atoms with Crippen LogP contribution in [0, 0.1) is 18.3 Å². The number of rotatable bonds is 9. The molecule has 5 aliphatic rings. The molecule has 1 saturated heterocycles. The van der Waals surface area contributed by atoms with Gasteiger partial charge in [-0.3, -0.25) is 19.0 Å². The third kappa shape index (κ3) is 9.27. The molecule has 4 fully saturated rings. The van der Waals surface area contributed by atoms with Gasteiger partial charge >= 0.3 is 6.09 Å². The number of nitrogens with one attached hydrogen (secondary N) is 3. The van der Waals surface area contributed by atoms with Crippen LogP contribution in [0.4, 0.5) is 4.79 Å². The monoisotopic (exact) mass is 915 g/mol. The fourth-order valence-electron chi connectivity index (χ4n) is 9.53. The van der Waals surface area contributed by atoms with Gasteiger partial charge in [0.1, 0.15) is 39.9 Å². The average molecular weight is 916 g/mol. The van der Waals surface area contributed by atoms with Gasteiger partial charge in [0.15, 0.2) is 4.75 Å². The average Bonchev–Trinajstić information content (AvgIpc) is 3.99. The summed E-state index contributed by atoms with van der Waals surface area (Å²) >= 11 is 1.61. The molecule has 344 valence electrons. The molecule has 0 unspecified atom stereocenters. The summed E-state index contributed by atoms with van der Waals surface area (Å²) in [5.74, 6) is 0.280. The number of fused-ring (bicyclic) bond motifs is 3. The van der Waals surface area contributed by atoms with E-state index in [1.165, 1.54) is 24.2 Å². The number of hydrogen-bond donors (Lipinski definition) is 3. The highest BCUT2D eigenvalue weighted by atomic mass is 32.2. The lowest BCUT2D eigenvalue weighted by molar-refractivity contribution is -0.141. The molecule has 3 N–H and O–H groups in total. The van der Waals surface area contributed by atoms with E-state index >= 15 is 0 Å². The number of alkyl carbamates (subject to hydrolysis) is 1. The predicted molar refractivity (Wildman–Crippen MR) is 244 cm³/mol. The van der Waals surface area contributed by atoms with Crippen LogP contribution in [0.3, 0.4) is 0 Å². The third-order valence-electron chi connectivity index (χ3n) is 13.3. The van der Waals surface area contributed by atoms with E-state index in [-0.39, 0.29) is 38.3 Å². The summed E-state index contributed by atoms with van der Waals surface area (Å²) in [5.41, 5.74) is 1.19. The van der Waals surface area contributed by atoms with Gasteiger partial charge in [-0.1, -0.05) is 56.2 Å². The smallest absolute Gasteiger partial charge is 0.408 e. The summed E-state index contributed by atoms with van der Waals surface area (Å²) in [6.07, 6.45) is 17.6. The van der Waals surface area contributed by atoms with Crippen LogP contribution in [0.15, 0.2) is 35.7 Å². The van der Waals surface area contributed by atoms with Gasteiger partial charge in [0.05, 0.1) is 17.8 Å². The van der Waals surface area contributed by atoms with Crippen molar-refractivity contribution < 1.29 is 37.1 Å². The summed E-state index contributed by atoms with van der Waals surface area (Å²) in [7, 11) is -4.25. The van der Waals surface area contributed by atoms with E-state index in [2.05, 4.69) is 26.7 Å². The zero-order chi connectivity index (χ0) is 45.6. The lowest BCUT2D eigenvalue weighted by atomic mass is 9.87. The first-order chi connectivity index (χ1) is 30.4. The molecular weight excluding hydrogens is 855 g/mol.